The average molecular weight is 448 g/mol. The monoisotopic (exact) mass is 448 g/mol. The van der Waals surface area contributed by atoms with Crippen LogP contribution in [0, 0.1) is 5.92 Å². The molecule has 8 nitrogen and oxygen atoms in total. The summed E-state index contributed by atoms with van der Waals surface area (Å²) in [5, 5.41) is 5.22. The van der Waals surface area contributed by atoms with Gasteiger partial charge in [-0.05, 0) is 18.1 Å². The molecule has 0 spiro atoms. The summed E-state index contributed by atoms with van der Waals surface area (Å²) in [4.78, 5) is 35.5. The van der Waals surface area contributed by atoms with E-state index in [1.165, 1.54) is 19.3 Å². The number of nitrogens with zero attached hydrogens (tertiary/aromatic N) is 2. The molecule has 3 aromatic rings. The number of aromatic amines is 1. The fourth-order valence-corrected chi connectivity index (χ4v) is 3.38. The molecule has 3 heterocycles. The Morgan fingerprint density at radius 3 is 2.53 bits per heavy atom. The molecule has 0 unspecified atom stereocenters. The third-order valence-electron chi connectivity index (χ3n) is 5.11. The van der Waals surface area contributed by atoms with Crippen LogP contribution in [0.25, 0.3) is 22.2 Å². The van der Waals surface area contributed by atoms with E-state index < -0.39 is 30.1 Å². The Morgan fingerprint density at radius 2 is 1.91 bits per heavy atom. The van der Waals surface area contributed by atoms with Crippen molar-refractivity contribution in [2.24, 2.45) is 11.7 Å². The Hall–Kier alpha value is -3.47. The van der Waals surface area contributed by atoms with Gasteiger partial charge in [-0.1, -0.05) is 13.8 Å². The zero-order chi connectivity index (χ0) is 23.7. The number of hydrogen-bond donors (Lipinski definition) is 4. The van der Waals surface area contributed by atoms with Crippen molar-refractivity contribution < 1.29 is 22.8 Å². The van der Waals surface area contributed by atoms with Crippen LogP contribution in [0.15, 0.2) is 36.9 Å². The van der Waals surface area contributed by atoms with Gasteiger partial charge in [0, 0.05) is 47.6 Å². The zero-order valence-corrected chi connectivity index (χ0v) is 17.7. The quantitative estimate of drug-likeness (QED) is 0.461. The topological polar surface area (TPSA) is 126 Å². The standard InChI is InChI=1S/C21H23F3N6O2/c1-11(2)21(25,19(32)29-10-20(22,23)24)14-4-13(6-26-7-14)17-9-28-18-16(17)5-15(8-27-18)30-12(3)31/h4-9,11H,10,25H2,1-3H3,(H,27,28)(H,29,32)(H,30,31)/t21-/m1/s1. The van der Waals surface area contributed by atoms with Crippen LogP contribution in [0.3, 0.4) is 0 Å². The minimum atomic E-state index is -4.56. The van der Waals surface area contributed by atoms with Crippen LogP contribution in [0.1, 0.15) is 26.3 Å². The van der Waals surface area contributed by atoms with Gasteiger partial charge >= 0.3 is 6.18 Å². The molecule has 3 aromatic heterocycles. The number of nitrogens with one attached hydrogen (secondary N) is 3. The lowest BCUT2D eigenvalue weighted by atomic mass is 9.80. The molecule has 0 fully saturated rings. The minimum Gasteiger partial charge on any atom is -0.346 e. The third-order valence-corrected chi connectivity index (χ3v) is 5.11. The zero-order valence-electron chi connectivity index (χ0n) is 17.7. The van der Waals surface area contributed by atoms with E-state index in [1.807, 2.05) is 5.32 Å². The van der Waals surface area contributed by atoms with Crippen LogP contribution in [0.4, 0.5) is 18.9 Å². The van der Waals surface area contributed by atoms with E-state index in [0.29, 0.717) is 27.8 Å². The van der Waals surface area contributed by atoms with Crippen LogP contribution in [0.5, 0.6) is 0 Å². The molecule has 0 aliphatic heterocycles. The Kier molecular flexibility index (Phi) is 6.22. The number of hydrogen-bond acceptors (Lipinski definition) is 5. The van der Waals surface area contributed by atoms with Crippen LogP contribution in [-0.4, -0.2) is 39.5 Å². The van der Waals surface area contributed by atoms with Gasteiger partial charge in [0.1, 0.15) is 17.7 Å². The van der Waals surface area contributed by atoms with Gasteiger partial charge in [0.15, 0.2) is 0 Å². The Balaban J connectivity index is 2.03. The first-order chi connectivity index (χ1) is 14.9. The van der Waals surface area contributed by atoms with Gasteiger partial charge in [0.2, 0.25) is 11.8 Å². The summed E-state index contributed by atoms with van der Waals surface area (Å²) in [5.74, 6) is -1.72. The molecule has 0 bridgehead atoms. The van der Waals surface area contributed by atoms with Crippen LogP contribution >= 0.6 is 0 Å². The molecular formula is C21H23F3N6O2. The molecule has 0 radical (unpaired) electrons. The lowest BCUT2D eigenvalue weighted by Gasteiger charge is -2.32. The summed E-state index contributed by atoms with van der Waals surface area (Å²) in [7, 11) is 0. The largest absolute Gasteiger partial charge is 0.405 e. The van der Waals surface area contributed by atoms with Crippen LogP contribution in [-0.2, 0) is 15.1 Å². The third kappa shape index (κ3) is 4.72. The number of alkyl halides is 3. The highest BCUT2D eigenvalue weighted by molar-refractivity contribution is 5.98. The van der Waals surface area contributed by atoms with Gasteiger partial charge in [-0.3, -0.25) is 14.6 Å². The second kappa shape index (κ2) is 8.58. The number of H-pyrrole nitrogens is 1. The summed E-state index contributed by atoms with van der Waals surface area (Å²) in [6, 6.07) is 3.35. The highest BCUT2D eigenvalue weighted by atomic mass is 19.4. The van der Waals surface area contributed by atoms with Gasteiger partial charge < -0.3 is 21.4 Å². The van der Waals surface area contributed by atoms with Crippen LogP contribution < -0.4 is 16.4 Å². The van der Waals surface area contributed by atoms with E-state index >= 15 is 0 Å². The van der Waals surface area contributed by atoms with E-state index in [2.05, 4.69) is 20.3 Å². The normalized spacial score (nSPS) is 13.8. The molecular weight excluding hydrogens is 425 g/mol. The van der Waals surface area contributed by atoms with Gasteiger partial charge in [0.25, 0.3) is 0 Å². The first kappa shape index (κ1) is 23.2. The predicted octanol–water partition coefficient (Wildman–Crippen LogP) is 3.07. The number of halogens is 3. The van der Waals surface area contributed by atoms with Crippen molar-refractivity contribution in [1.82, 2.24) is 20.3 Å². The predicted molar refractivity (Wildman–Crippen MR) is 113 cm³/mol. The van der Waals surface area contributed by atoms with Crippen molar-refractivity contribution in [1.29, 1.82) is 0 Å². The number of rotatable bonds is 6. The van der Waals surface area contributed by atoms with E-state index in [1.54, 1.807) is 38.4 Å². The molecule has 3 rings (SSSR count). The van der Waals surface area contributed by atoms with Crippen molar-refractivity contribution in [3.05, 3.63) is 42.5 Å². The number of amides is 2. The molecule has 0 aliphatic rings. The molecule has 1 atom stereocenters. The number of carbonyl (C=O) groups is 2. The van der Waals surface area contributed by atoms with E-state index in [4.69, 9.17) is 5.73 Å². The highest BCUT2D eigenvalue weighted by Gasteiger charge is 2.41. The number of carbonyl (C=O) groups excluding carboxylic acids is 2. The summed E-state index contributed by atoms with van der Waals surface area (Å²) < 4.78 is 37.8. The molecule has 0 aliphatic carbocycles. The average Bonchev–Trinajstić information content (AvgIpc) is 3.13. The summed E-state index contributed by atoms with van der Waals surface area (Å²) in [6.45, 7) is 3.20. The summed E-state index contributed by atoms with van der Waals surface area (Å²) in [6.07, 6.45) is 1.55. The Labute approximate surface area is 181 Å². The second-order valence-electron chi connectivity index (χ2n) is 7.79. The van der Waals surface area contributed by atoms with Crippen molar-refractivity contribution in [3.63, 3.8) is 0 Å². The molecule has 2 amide bonds. The van der Waals surface area contributed by atoms with Gasteiger partial charge in [-0.25, -0.2) is 4.98 Å². The van der Waals surface area contributed by atoms with Crippen molar-refractivity contribution in [2.75, 3.05) is 11.9 Å². The van der Waals surface area contributed by atoms with E-state index in [-0.39, 0.29) is 11.5 Å². The first-order valence-corrected chi connectivity index (χ1v) is 9.76. The number of anilines is 1. The molecule has 0 saturated carbocycles. The Bertz CT molecular complexity index is 1160. The lowest BCUT2D eigenvalue weighted by molar-refractivity contribution is -0.143. The molecule has 170 valence electrons. The fourth-order valence-electron chi connectivity index (χ4n) is 3.38. The SMILES string of the molecule is CC(=O)Nc1cnc2[nH]cc(-c3cncc([C@@](N)(C(=O)NCC(F)(F)F)C(C)C)c3)c2c1. The number of fused-ring (bicyclic) bond motifs is 1. The smallest absolute Gasteiger partial charge is 0.346 e. The summed E-state index contributed by atoms with van der Waals surface area (Å²) >= 11 is 0. The first-order valence-electron chi connectivity index (χ1n) is 9.76. The van der Waals surface area contributed by atoms with Crippen molar-refractivity contribution in [3.8, 4) is 11.1 Å². The summed E-state index contributed by atoms with van der Waals surface area (Å²) in [5.41, 5.74) is 7.21. The number of nitrogens with two attached hydrogens (primary N) is 1. The molecule has 5 N–H and O–H groups in total. The van der Waals surface area contributed by atoms with Gasteiger partial charge in [-0.15, -0.1) is 0 Å². The maximum Gasteiger partial charge on any atom is 0.405 e. The second-order valence-corrected chi connectivity index (χ2v) is 7.79. The van der Waals surface area contributed by atoms with Gasteiger partial charge in [-0.2, -0.15) is 13.2 Å². The van der Waals surface area contributed by atoms with Crippen LogP contribution in [0.2, 0.25) is 0 Å². The number of aromatic nitrogens is 3. The lowest BCUT2D eigenvalue weighted by Crippen LogP contribution is -2.56. The molecule has 32 heavy (non-hydrogen) atoms. The number of pyridine rings is 2. The Morgan fingerprint density at radius 1 is 1.19 bits per heavy atom. The fraction of sp³-hybridized carbons (Fsp3) is 0.333. The maximum atomic E-state index is 12.7. The van der Waals surface area contributed by atoms with Crippen molar-refractivity contribution in [2.45, 2.75) is 32.5 Å². The maximum absolute atomic E-state index is 12.7. The molecule has 0 saturated heterocycles. The van der Waals surface area contributed by atoms with Crippen molar-refractivity contribution >= 4 is 28.5 Å². The minimum absolute atomic E-state index is 0.249. The van der Waals surface area contributed by atoms with E-state index in [0.717, 1.165) is 0 Å². The van der Waals surface area contributed by atoms with Gasteiger partial charge in [0.05, 0.1) is 11.9 Å². The molecule has 11 heteroatoms. The molecule has 0 aromatic carbocycles. The van der Waals surface area contributed by atoms with E-state index in [9.17, 15) is 22.8 Å². The highest BCUT2D eigenvalue weighted by Crippen LogP contribution is 2.33.